The van der Waals surface area contributed by atoms with Gasteiger partial charge in [0.2, 0.25) is 5.82 Å². The Bertz CT molecular complexity index is 648. The minimum absolute atomic E-state index is 0.00221. The number of unbranched alkanes of at least 4 members (excludes halogenated alkanes) is 1. The molecule has 29 heavy (non-hydrogen) atoms. The van der Waals surface area contributed by atoms with Gasteiger partial charge in [0.05, 0.1) is 19.8 Å². The SMILES string of the molecule is C=CC1CCC(C2CCC(OCc3ccc(OCCCC)c(F)c3F)OC2)CC1. The van der Waals surface area contributed by atoms with Gasteiger partial charge in [-0.15, -0.1) is 6.58 Å². The molecule has 0 aromatic heterocycles. The first-order valence-corrected chi connectivity index (χ1v) is 11.1. The maximum absolute atomic E-state index is 14.3. The molecular formula is C24H34F2O3. The largest absolute Gasteiger partial charge is 0.490 e. The molecule has 2 unspecified atom stereocenters. The van der Waals surface area contributed by atoms with Crippen molar-refractivity contribution >= 4 is 0 Å². The number of benzene rings is 1. The Morgan fingerprint density at radius 3 is 2.48 bits per heavy atom. The third-order valence-corrected chi connectivity index (χ3v) is 6.39. The van der Waals surface area contributed by atoms with Crippen LogP contribution in [0.5, 0.6) is 5.75 Å². The van der Waals surface area contributed by atoms with E-state index in [1.54, 1.807) is 0 Å². The van der Waals surface area contributed by atoms with Crippen molar-refractivity contribution in [3.63, 3.8) is 0 Å². The number of hydrogen-bond donors (Lipinski definition) is 0. The van der Waals surface area contributed by atoms with E-state index in [1.165, 1.54) is 37.8 Å². The molecule has 2 aliphatic rings. The zero-order valence-corrected chi connectivity index (χ0v) is 17.5. The van der Waals surface area contributed by atoms with Crippen LogP contribution in [0.3, 0.4) is 0 Å². The highest BCUT2D eigenvalue weighted by Crippen LogP contribution is 2.38. The summed E-state index contributed by atoms with van der Waals surface area (Å²) in [7, 11) is 0. The lowest BCUT2D eigenvalue weighted by atomic mass is 9.74. The van der Waals surface area contributed by atoms with E-state index in [-0.39, 0.29) is 24.2 Å². The topological polar surface area (TPSA) is 27.7 Å². The Morgan fingerprint density at radius 2 is 1.83 bits per heavy atom. The molecule has 3 nitrogen and oxygen atoms in total. The Balaban J connectivity index is 1.43. The van der Waals surface area contributed by atoms with Gasteiger partial charge in [0, 0.05) is 5.56 Å². The van der Waals surface area contributed by atoms with E-state index in [2.05, 4.69) is 12.7 Å². The predicted octanol–water partition coefficient (Wildman–Crippen LogP) is 6.41. The smallest absolute Gasteiger partial charge is 0.200 e. The van der Waals surface area contributed by atoms with Crippen molar-refractivity contribution in [3.8, 4) is 5.75 Å². The molecule has 5 heteroatoms. The number of allylic oxidation sites excluding steroid dienone is 1. The summed E-state index contributed by atoms with van der Waals surface area (Å²) in [6.07, 6.45) is 10.3. The van der Waals surface area contributed by atoms with Gasteiger partial charge in [-0.05, 0) is 74.8 Å². The highest BCUT2D eigenvalue weighted by atomic mass is 19.2. The zero-order chi connectivity index (χ0) is 20.6. The van der Waals surface area contributed by atoms with Crippen LogP contribution in [0.15, 0.2) is 24.8 Å². The van der Waals surface area contributed by atoms with Crippen molar-refractivity contribution < 1.29 is 23.0 Å². The van der Waals surface area contributed by atoms with E-state index in [4.69, 9.17) is 14.2 Å². The van der Waals surface area contributed by atoms with Crippen molar-refractivity contribution in [1.29, 1.82) is 0 Å². The van der Waals surface area contributed by atoms with Gasteiger partial charge in [-0.25, -0.2) is 4.39 Å². The summed E-state index contributed by atoms with van der Waals surface area (Å²) < 4.78 is 45.4. The van der Waals surface area contributed by atoms with Crippen molar-refractivity contribution in [2.45, 2.75) is 71.2 Å². The molecule has 0 spiro atoms. The van der Waals surface area contributed by atoms with Gasteiger partial charge < -0.3 is 14.2 Å². The molecule has 1 heterocycles. The summed E-state index contributed by atoms with van der Waals surface area (Å²) in [4.78, 5) is 0. The van der Waals surface area contributed by atoms with Gasteiger partial charge in [0.15, 0.2) is 17.9 Å². The Morgan fingerprint density at radius 1 is 1.07 bits per heavy atom. The van der Waals surface area contributed by atoms with Crippen LogP contribution in [0.1, 0.15) is 63.9 Å². The van der Waals surface area contributed by atoms with Gasteiger partial charge in [-0.3, -0.25) is 0 Å². The van der Waals surface area contributed by atoms with E-state index in [9.17, 15) is 8.78 Å². The maximum atomic E-state index is 14.3. The first kappa shape index (κ1) is 22.2. The van der Waals surface area contributed by atoms with Crippen LogP contribution >= 0.6 is 0 Å². The average Bonchev–Trinajstić information content (AvgIpc) is 2.77. The molecule has 2 atom stereocenters. The molecule has 1 aliphatic carbocycles. The van der Waals surface area contributed by atoms with Gasteiger partial charge in [0.1, 0.15) is 0 Å². The summed E-state index contributed by atoms with van der Waals surface area (Å²) in [5.41, 5.74) is 0.193. The van der Waals surface area contributed by atoms with Crippen molar-refractivity contribution in [2.75, 3.05) is 13.2 Å². The number of halogens is 2. The first-order chi connectivity index (χ1) is 14.1. The van der Waals surface area contributed by atoms with E-state index in [0.29, 0.717) is 25.0 Å². The average molecular weight is 409 g/mol. The molecule has 0 radical (unpaired) electrons. The zero-order valence-electron chi connectivity index (χ0n) is 17.5. The fourth-order valence-corrected chi connectivity index (χ4v) is 4.41. The molecule has 0 amide bonds. The Hall–Kier alpha value is -1.46. The molecule has 2 fully saturated rings. The van der Waals surface area contributed by atoms with Crippen LogP contribution in [-0.2, 0) is 16.1 Å². The van der Waals surface area contributed by atoms with Crippen LogP contribution in [0.2, 0.25) is 0 Å². The van der Waals surface area contributed by atoms with Crippen LogP contribution < -0.4 is 4.74 Å². The van der Waals surface area contributed by atoms with E-state index in [0.717, 1.165) is 31.6 Å². The molecule has 1 aromatic rings. The molecule has 1 aromatic carbocycles. The van der Waals surface area contributed by atoms with Crippen molar-refractivity contribution in [1.82, 2.24) is 0 Å². The molecule has 1 saturated heterocycles. The van der Waals surface area contributed by atoms with Crippen LogP contribution in [0.25, 0.3) is 0 Å². The lowest BCUT2D eigenvalue weighted by molar-refractivity contribution is -0.187. The monoisotopic (exact) mass is 408 g/mol. The quantitative estimate of drug-likeness (QED) is 0.349. The van der Waals surface area contributed by atoms with Crippen LogP contribution in [0.4, 0.5) is 8.78 Å². The standard InChI is InChI=1S/C24H34F2O3/c1-3-5-14-27-21-12-10-20(23(25)24(21)26)16-29-22-13-11-19(15-28-22)18-8-6-17(4-2)7-9-18/h4,10,12,17-19,22H,2-3,5-9,11,13-16H2,1H3. The molecule has 162 valence electrons. The number of ether oxygens (including phenoxy) is 3. The second-order valence-electron chi connectivity index (χ2n) is 8.37. The van der Waals surface area contributed by atoms with E-state index in [1.807, 2.05) is 6.92 Å². The lowest BCUT2D eigenvalue weighted by Gasteiger charge is -2.37. The second-order valence-corrected chi connectivity index (χ2v) is 8.37. The normalized spacial score (nSPS) is 27.6. The molecule has 3 rings (SSSR count). The van der Waals surface area contributed by atoms with Gasteiger partial charge in [0.25, 0.3) is 0 Å². The maximum Gasteiger partial charge on any atom is 0.200 e. The van der Waals surface area contributed by atoms with Gasteiger partial charge >= 0.3 is 0 Å². The summed E-state index contributed by atoms with van der Waals surface area (Å²) >= 11 is 0. The highest BCUT2D eigenvalue weighted by molar-refractivity contribution is 5.30. The molecule has 1 aliphatic heterocycles. The molecular weight excluding hydrogens is 374 g/mol. The molecule has 0 bridgehead atoms. The Labute approximate surface area is 173 Å². The number of rotatable bonds is 9. The number of hydrogen-bond acceptors (Lipinski definition) is 3. The van der Waals surface area contributed by atoms with Crippen LogP contribution in [-0.4, -0.2) is 19.5 Å². The second kappa shape index (κ2) is 11.1. The van der Waals surface area contributed by atoms with Gasteiger partial charge in [-0.1, -0.05) is 19.4 Å². The Kier molecular flexibility index (Phi) is 8.49. The summed E-state index contributed by atoms with van der Waals surface area (Å²) in [6, 6.07) is 3.01. The first-order valence-electron chi connectivity index (χ1n) is 11.1. The highest BCUT2D eigenvalue weighted by Gasteiger charge is 2.31. The third-order valence-electron chi connectivity index (χ3n) is 6.39. The van der Waals surface area contributed by atoms with Gasteiger partial charge in [-0.2, -0.15) is 4.39 Å². The molecule has 1 saturated carbocycles. The summed E-state index contributed by atoms with van der Waals surface area (Å²) in [5.74, 6) is 0.0927. The fraction of sp³-hybridized carbons (Fsp3) is 0.667. The summed E-state index contributed by atoms with van der Waals surface area (Å²) in [5, 5.41) is 0. The minimum Gasteiger partial charge on any atom is -0.490 e. The third kappa shape index (κ3) is 6.02. The van der Waals surface area contributed by atoms with E-state index >= 15 is 0 Å². The lowest BCUT2D eigenvalue weighted by Crippen LogP contribution is -2.33. The predicted molar refractivity (Wildman–Crippen MR) is 110 cm³/mol. The van der Waals surface area contributed by atoms with Crippen molar-refractivity contribution in [2.24, 2.45) is 17.8 Å². The molecule has 0 N–H and O–H groups in total. The van der Waals surface area contributed by atoms with Crippen LogP contribution in [0, 0.1) is 29.4 Å². The fourth-order valence-electron chi connectivity index (χ4n) is 4.41. The van der Waals surface area contributed by atoms with Crippen molar-refractivity contribution in [3.05, 3.63) is 42.0 Å². The minimum atomic E-state index is -0.943. The van der Waals surface area contributed by atoms with E-state index < -0.39 is 11.6 Å². The summed E-state index contributed by atoms with van der Waals surface area (Å²) in [6.45, 7) is 7.00.